The van der Waals surface area contributed by atoms with Crippen molar-refractivity contribution in [3.05, 3.63) is 52.1 Å². The van der Waals surface area contributed by atoms with E-state index in [2.05, 4.69) is 15.3 Å². The monoisotopic (exact) mass is 319 g/mol. The number of halogens is 2. The highest BCUT2D eigenvalue weighted by molar-refractivity contribution is 6.36. The van der Waals surface area contributed by atoms with Gasteiger partial charge in [0.25, 0.3) is 0 Å². The number of nitrogens with two attached hydrogens (primary N) is 1. The van der Waals surface area contributed by atoms with E-state index in [1.54, 1.807) is 30.3 Å². The van der Waals surface area contributed by atoms with E-state index in [0.29, 0.717) is 27.4 Å². The predicted molar refractivity (Wildman–Crippen MR) is 83.8 cm³/mol. The number of rotatable bonds is 2. The van der Waals surface area contributed by atoms with E-state index in [9.17, 15) is 0 Å². The lowest BCUT2D eigenvalue weighted by Crippen LogP contribution is -2.05. The molecule has 0 bridgehead atoms. The Balaban J connectivity index is 2.07. The van der Waals surface area contributed by atoms with Crippen molar-refractivity contribution in [2.24, 2.45) is 0 Å². The Morgan fingerprint density at radius 1 is 1.05 bits per heavy atom. The van der Waals surface area contributed by atoms with Gasteiger partial charge in [-0.1, -0.05) is 23.2 Å². The highest BCUT2D eigenvalue weighted by Gasteiger charge is 2.12. The molecule has 5 nitrogen and oxygen atoms in total. The van der Waals surface area contributed by atoms with Crippen LogP contribution in [0.2, 0.25) is 10.0 Å². The molecule has 0 fully saturated rings. The van der Waals surface area contributed by atoms with Gasteiger partial charge in [0.2, 0.25) is 0 Å². The molecule has 0 saturated heterocycles. The molecule has 2 heterocycles. The minimum absolute atomic E-state index is 0.453. The number of benzene rings is 1. The lowest BCUT2D eigenvalue weighted by atomic mass is 10.1. The summed E-state index contributed by atoms with van der Waals surface area (Å²) in [7, 11) is 0. The fourth-order valence-corrected chi connectivity index (χ4v) is 2.42. The lowest BCUT2D eigenvalue weighted by molar-refractivity contribution is 0.816. The van der Waals surface area contributed by atoms with Crippen LogP contribution in [0, 0.1) is 6.92 Å². The van der Waals surface area contributed by atoms with Gasteiger partial charge in [0.15, 0.2) is 5.82 Å². The number of aryl methyl sites for hydroxylation is 1. The first kappa shape index (κ1) is 13.9. The summed E-state index contributed by atoms with van der Waals surface area (Å²) in [5, 5.41) is 13.6. The second-order valence-electron chi connectivity index (χ2n) is 4.52. The van der Waals surface area contributed by atoms with Crippen LogP contribution >= 0.6 is 23.2 Å². The Morgan fingerprint density at radius 3 is 2.52 bits per heavy atom. The molecule has 0 amide bonds. The molecular formula is C14H11Cl2N5. The third-order valence-electron chi connectivity index (χ3n) is 2.94. The van der Waals surface area contributed by atoms with Gasteiger partial charge in [-0.3, -0.25) is 0 Å². The van der Waals surface area contributed by atoms with E-state index in [0.717, 1.165) is 11.3 Å². The van der Waals surface area contributed by atoms with Crippen LogP contribution in [0.25, 0.3) is 17.1 Å². The molecule has 0 atom stereocenters. The molecule has 3 rings (SSSR count). The molecule has 0 saturated carbocycles. The molecule has 0 aliphatic heterocycles. The quantitative estimate of drug-likeness (QED) is 0.784. The summed E-state index contributed by atoms with van der Waals surface area (Å²) in [5.74, 6) is 1.00. The zero-order valence-corrected chi connectivity index (χ0v) is 12.6. The van der Waals surface area contributed by atoms with Crippen molar-refractivity contribution in [2.75, 3.05) is 5.73 Å². The first-order valence-electron chi connectivity index (χ1n) is 6.16. The molecule has 7 heteroatoms. The van der Waals surface area contributed by atoms with Crippen molar-refractivity contribution in [1.29, 1.82) is 0 Å². The Bertz CT molecular complexity index is 796. The summed E-state index contributed by atoms with van der Waals surface area (Å²) in [6.45, 7) is 1.86. The molecule has 0 spiro atoms. The second kappa shape index (κ2) is 5.35. The van der Waals surface area contributed by atoms with Crippen LogP contribution in [0.5, 0.6) is 0 Å². The van der Waals surface area contributed by atoms with Gasteiger partial charge in [-0.25, -0.2) is 0 Å². The van der Waals surface area contributed by atoms with Crippen LogP contribution in [-0.2, 0) is 0 Å². The maximum absolute atomic E-state index is 6.19. The number of aromatic nitrogens is 4. The van der Waals surface area contributed by atoms with Gasteiger partial charge in [-0.15, -0.1) is 5.10 Å². The molecular weight excluding hydrogens is 309 g/mol. The largest absolute Gasteiger partial charge is 0.384 e. The molecule has 0 aliphatic rings. The van der Waals surface area contributed by atoms with Crippen molar-refractivity contribution in [1.82, 2.24) is 20.0 Å². The average Bonchev–Trinajstić information content (AvgIpc) is 2.81. The van der Waals surface area contributed by atoms with Crippen LogP contribution in [0.4, 0.5) is 5.82 Å². The molecule has 106 valence electrons. The fraction of sp³-hybridized carbons (Fsp3) is 0.0714. The summed E-state index contributed by atoms with van der Waals surface area (Å²) in [6.07, 6.45) is 0. The number of hydrogen-bond acceptors (Lipinski definition) is 4. The molecule has 3 aromatic rings. The van der Waals surface area contributed by atoms with Crippen LogP contribution in [0.15, 0.2) is 36.4 Å². The minimum Gasteiger partial charge on any atom is -0.384 e. The predicted octanol–water partition coefficient (Wildman–Crippen LogP) is 3.53. The number of anilines is 1. The molecule has 0 aliphatic carbocycles. The highest BCUT2D eigenvalue weighted by Crippen LogP contribution is 2.30. The first-order chi connectivity index (χ1) is 10.0. The number of hydrogen-bond donors (Lipinski definition) is 1. The van der Waals surface area contributed by atoms with Gasteiger partial charge in [0.05, 0.1) is 16.4 Å². The van der Waals surface area contributed by atoms with E-state index >= 15 is 0 Å². The van der Waals surface area contributed by atoms with Gasteiger partial charge in [-0.05, 0) is 37.3 Å². The third-order valence-corrected chi connectivity index (χ3v) is 3.49. The van der Waals surface area contributed by atoms with Crippen molar-refractivity contribution >= 4 is 29.0 Å². The van der Waals surface area contributed by atoms with Gasteiger partial charge < -0.3 is 5.73 Å². The Labute approximate surface area is 131 Å². The molecule has 2 N–H and O–H groups in total. The van der Waals surface area contributed by atoms with Gasteiger partial charge in [0, 0.05) is 16.7 Å². The molecule has 0 radical (unpaired) electrons. The standard InChI is InChI=1S/C14H11Cl2N5/c1-8-2-5-14(19-18-8)21-13(17)7-12(20-21)10-4-3-9(15)6-11(10)16/h2-7H,17H2,1H3. The van der Waals surface area contributed by atoms with Crippen molar-refractivity contribution in [2.45, 2.75) is 6.92 Å². The van der Waals surface area contributed by atoms with Gasteiger partial charge in [0.1, 0.15) is 5.82 Å². The second-order valence-corrected chi connectivity index (χ2v) is 5.37. The summed E-state index contributed by atoms with van der Waals surface area (Å²) in [5.41, 5.74) is 8.22. The number of nitrogens with zero attached hydrogens (tertiary/aromatic N) is 4. The summed E-state index contributed by atoms with van der Waals surface area (Å²) in [4.78, 5) is 0. The van der Waals surface area contributed by atoms with Crippen LogP contribution in [-0.4, -0.2) is 20.0 Å². The Kier molecular flexibility index (Phi) is 3.53. The van der Waals surface area contributed by atoms with Crippen molar-refractivity contribution in [3.8, 4) is 17.1 Å². The molecule has 0 unspecified atom stereocenters. The zero-order valence-electron chi connectivity index (χ0n) is 11.1. The van der Waals surface area contributed by atoms with Crippen LogP contribution in [0.1, 0.15) is 5.69 Å². The first-order valence-corrected chi connectivity index (χ1v) is 6.92. The van der Waals surface area contributed by atoms with E-state index < -0.39 is 0 Å². The highest BCUT2D eigenvalue weighted by atomic mass is 35.5. The van der Waals surface area contributed by atoms with E-state index in [4.69, 9.17) is 28.9 Å². The number of nitrogen functional groups attached to an aromatic ring is 1. The van der Waals surface area contributed by atoms with Gasteiger partial charge >= 0.3 is 0 Å². The van der Waals surface area contributed by atoms with E-state index in [1.807, 2.05) is 13.0 Å². The van der Waals surface area contributed by atoms with Crippen molar-refractivity contribution in [3.63, 3.8) is 0 Å². The molecule has 21 heavy (non-hydrogen) atoms. The minimum atomic E-state index is 0.453. The molecule has 2 aromatic heterocycles. The van der Waals surface area contributed by atoms with E-state index in [-0.39, 0.29) is 0 Å². The van der Waals surface area contributed by atoms with Crippen LogP contribution in [0.3, 0.4) is 0 Å². The Morgan fingerprint density at radius 2 is 1.86 bits per heavy atom. The molecule has 1 aromatic carbocycles. The van der Waals surface area contributed by atoms with Crippen LogP contribution < -0.4 is 5.73 Å². The topological polar surface area (TPSA) is 69.6 Å². The van der Waals surface area contributed by atoms with Crippen molar-refractivity contribution < 1.29 is 0 Å². The lowest BCUT2D eigenvalue weighted by Gasteiger charge is -2.02. The maximum Gasteiger partial charge on any atom is 0.178 e. The fourth-order valence-electron chi connectivity index (χ4n) is 1.91. The average molecular weight is 320 g/mol. The zero-order chi connectivity index (χ0) is 15.0. The normalized spacial score (nSPS) is 10.8. The maximum atomic E-state index is 6.19. The summed E-state index contributed by atoms with van der Waals surface area (Å²) in [6, 6.07) is 10.6. The summed E-state index contributed by atoms with van der Waals surface area (Å²) < 4.78 is 1.52. The SMILES string of the molecule is Cc1ccc(-n2nc(-c3ccc(Cl)cc3Cl)cc2N)nn1. The smallest absolute Gasteiger partial charge is 0.178 e. The third kappa shape index (κ3) is 2.70. The Hall–Kier alpha value is -2.11. The summed E-state index contributed by atoms with van der Waals surface area (Å²) >= 11 is 12.1. The van der Waals surface area contributed by atoms with Gasteiger partial charge in [-0.2, -0.15) is 14.9 Å². The van der Waals surface area contributed by atoms with E-state index in [1.165, 1.54) is 4.68 Å².